The molecule has 2 aliphatic carbocycles. The van der Waals surface area contributed by atoms with E-state index in [2.05, 4.69) is 13.8 Å². The number of carbonyl (C=O) groups is 1. The lowest BCUT2D eigenvalue weighted by atomic mass is 9.66. The van der Waals surface area contributed by atoms with E-state index in [0.29, 0.717) is 23.0 Å². The Morgan fingerprint density at radius 1 is 1.42 bits per heavy atom. The third-order valence-electron chi connectivity index (χ3n) is 4.37. The predicted molar refractivity (Wildman–Crippen MR) is 48.9 cm³/mol. The highest BCUT2D eigenvalue weighted by molar-refractivity contribution is 5.84. The van der Waals surface area contributed by atoms with E-state index in [-0.39, 0.29) is 0 Å². The number of hydrogen-bond acceptors (Lipinski definition) is 1. The van der Waals surface area contributed by atoms with Gasteiger partial charge in [0.25, 0.3) is 0 Å². The molecule has 1 nitrogen and oxygen atoms in total. The van der Waals surface area contributed by atoms with E-state index >= 15 is 0 Å². The molecule has 0 bridgehead atoms. The molecule has 0 aromatic heterocycles. The van der Waals surface area contributed by atoms with Gasteiger partial charge in [0.15, 0.2) is 0 Å². The fourth-order valence-corrected chi connectivity index (χ4v) is 3.12. The van der Waals surface area contributed by atoms with Crippen LogP contribution in [0, 0.1) is 17.3 Å². The van der Waals surface area contributed by atoms with Crippen LogP contribution in [-0.4, -0.2) is 5.78 Å². The summed E-state index contributed by atoms with van der Waals surface area (Å²) in [6.45, 7) is 4.46. The van der Waals surface area contributed by atoms with E-state index in [1.807, 2.05) is 0 Å². The van der Waals surface area contributed by atoms with Crippen LogP contribution in [-0.2, 0) is 4.79 Å². The Bertz CT molecular complexity index is 209. The van der Waals surface area contributed by atoms with Gasteiger partial charge < -0.3 is 0 Å². The van der Waals surface area contributed by atoms with Crippen molar-refractivity contribution >= 4 is 5.78 Å². The molecule has 0 radical (unpaired) electrons. The van der Waals surface area contributed by atoms with Crippen LogP contribution in [0.25, 0.3) is 0 Å². The number of rotatable bonds is 0. The number of Topliss-reactive ketones (excluding diaryl/α,β-unsaturated/α-hetero) is 1. The summed E-state index contributed by atoms with van der Waals surface area (Å²) in [6, 6.07) is 0. The molecule has 3 atom stereocenters. The first-order valence-electron chi connectivity index (χ1n) is 5.17. The van der Waals surface area contributed by atoms with E-state index < -0.39 is 0 Å². The Labute approximate surface area is 74.5 Å². The summed E-state index contributed by atoms with van der Waals surface area (Å²) >= 11 is 0. The van der Waals surface area contributed by atoms with Crippen LogP contribution in [0.3, 0.4) is 0 Å². The summed E-state index contributed by atoms with van der Waals surface area (Å²) in [4.78, 5) is 11.5. The van der Waals surface area contributed by atoms with Crippen molar-refractivity contribution in [1.29, 1.82) is 0 Å². The fraction of sp³-hybridized carbons (Fsp3) is 0.909. The Balaban J connectivity index is 2.25. The first-order chi connectivity index (χ1) is 5.64. The highest BCUT2D eigenvalue weighted by Crippen LogP contribution is 2.53. The minimum atomic E-state index is 0.336. The van der Waals surface area contributed by atoms with Gasteiger partial charge in [-0.3, -0.25) is 4.79 Å². The SMILES string of the molecule is C[C@@H]1C(=O)C[C@H]2CCCC[C@]21C. The molecule has 0 amide bonds. The molecular formula is C11H18O. The highest BCUT2D eigenvalue weighted by atomic mass is 16.1. The van der Waals surface area contributed by atoms with E-state index in [4.69, 9.17) is 0 Å². The molecule has 2 aliphatic rings. The molecule has 0 aromatic rings. The fourth-order valence-electron chi connectivity index (χ4n) is 3.12. The predicted octanol–water partition coefficient (Wildman–Crippen LogP) is 2.79. The second-order valence-electron chi connectivity index (χ2n) is 4.84. The Kier molecular flexibility index (Phi) is 1.78. The summed E-state index contributed by atoms with van der Waals surface area (Å²) in [5.74, 6) is 1.57. The second-order valence-corrected chi connectivity index (χ2v) is 4.84. The van der Waals surface area contributed by atoms with Gasteiger partial charge in [-0.15, -0.1) is 0 Å². The van der Waals surface area contributed by atoms with E-state index in [1.54, 1.807) is 0 Å². The molecule has 68 valence electrons. The minimum Gasteiger partial charge on any atom is -0.299 e. The van der Waals surface area contributed by atoms with Crippen LogP contribution >= 0.6 is 0 Å². The topological polar surface area (TPSA) is 17.1 Å². The number of hydrogen-bond donors (Lipinski definition) is 0. The number of fused-ring (bicyclic) bond motifs is 1. The summed E-state index contributed by atoms with van der Waals surface area (Å²) in [6.07, 6.45) is 6.14. The average Bonchev–Trinajstić information content (AvgIpc) is 2.28. The van der Waals surface area contributed by atoms with Gasteiger partial charge in [0.1, 0.15) is 5.78 Å². The van der Waals surface area contributed by atoms with E-state index in [0.717, 1.165) is 6.42 Å². The minimum absolute atomic E-state index is 0.336. The molecule has 0 spiro atoms. The van der Waals surface area contributed by atoms with Crippen molar-refractivity contribution in [2.24, 2.45) is 17.3 Å². The van der Waals surface area contributed by atoms with Crippen molar-refractivity contribution in [3.63, 3.8) is 0 Å². The first kappa shape index (κ1) is 8.28. The zero-order chi connectivity index (χ0) is 8.77. The van der Waals surface area contributed by atoms with Crippen LogP contribution in [0.1, 0.15) is 46.0 Å². The van der Waals surface area contributed by atoms with Crippen LogP contribution < -0.4 is 0 Å². The molecule has 0 aliphatic heterocycles. The van der Waals surface area contributed by atoms with E-state index in [9.17, 15) is 4.79 Å². The molecule has 1 heteroatoms. The largest absolute Gasteiger partial charge is 0.299 e. The van der Waals surface area contributed by atoms with Crippen molar-refractivity contribution < 1.29 is 4.79 Å². The molecule has 0 unspecified atom stereocenters. The molecule has 12 heavy (non-hydrogen) atoms. The summed E-state index contributed by atoms with van der Waals surface area (Å²) in [5, 5.41) is 0. The lowest BCUT2D eigenvalue weighted by Crippen LogP contribution is -2.31. The maximum absolute atomic E-state index is 11.5. The maximum Gasteiger partial charge on any atom is 0.136 e. The van der Waals surface area contributed by atoms with E-state index in [1.165, 1.54) is 25.7 Å². The van der Waals surface area contributed by atoms with Crippen LogP contribution in [0.2, 0.25) is 0 Å². The third-order valence-corrected chi connectivity index (χ3v) is 4.37. The Morgan fingerprint density at radius 2 is 2.17 bits per heavy atom. The van der Waals surface area contributed by atoms with Crippen molar-refractivity contribution in [3.05, 3.63) is 0 Å². The van der Waals surface area contributed by atoms with Crippen molar-refractivity contribution in [1.82, 2.24) is 0 Å². The molecule has 2 fully saturated rings. The highest BCUT2D eigenvalue weighted by Gasteiger charge is 2.49. The van der Waals surface area contributed by atoms with Crippen molar-refractivity contribution in [3.8, 4) is 0 Å². The van der Waals surface area contributed by atoms with Crippen LogP contribution in [0.5, 0.6) is 0 Å². The molecular weight excluding hydrogens is 148 g/mol. The summed E-state index contributed by atoms with van der Waals surface area (Å²) < 4.78 is 0. The van der Waals surface area contributed by atoms with Crippen molar-refractivity contribution in [2.45, 2.75) is 46.0 Å². The van der Waals surface area contributed by atoms with Crippen LogP contribution in [0.4, 0.5) is 0 Å². The van der Waals surface area contributed by atoms with Gasteiger partial charge in [-0.2, -0.15) is 0 Å². The number of ketones is 1. The van der Waals surface area contributed by atoms with Gasteiger partial charge in [-0.25, -0.2) is 0 Å². The number of carbonyl (C=O) groups excluding carboxylic acids is 1. The standard InChI is InChI=1S/C11H18O/c1-8-10(12)7-9-5-3-4-6-11(8,9)2/h8-9H,3-7H2,1-2H3/t8-,9-,11+/m1/s1. The van der Waals surface area contributed by atoms with Gasteiger partial charge in [0, 0.05) is 12.3 Å². The average molecular weight is 166 g/mol. The van der Waals surface area contributed by atoms with Gasteiger partial charge >= 0.3 is 0 Å². The molecule has 0 heterocycles. The molecule has 0 N–H and O–H groups in total. The monoisotopic (exact) mass is 166 g/mol. The molecule has 2 rings (SSSR count). The lowest BCUT2D eigenvalue weighted by molar-refractivity contribution is -0.121. The quantitative estimate of drug-likeness (QED) is 0.541. The zero-order valence-corrected chi connectivity index (χ0v) is 8.10. The zero-order valence-electron chi connectivity index (χ0n) is 8.10. The normalized spacial score (nSPS) is 47.7. The lowest BCUT2D eigenvalue weighted by Gasteiger charge is -2.38. The molecule has 2 saturated carbocycles. The Morgan fingerprint density at radius 3 is 2.83 bits per heavy atom. The summed E-state index contributed by atoms with van der Waals surface area (Å²) in [5.41, 5.74) is 0.370. The van der Waals surface area contributed by atoms with Gasteiger partial charge in [-0.1, -0.05) is 26.7 Å². The van der Waals surface area contributed by atoms with Crippen molar-refractivity contribution in [2.75, 3.05) is 0 Å². The van der Waals surface area contributed by atoms with Gasteiger partial charge in [-0.05, 0) is 24.2 Å². The second kappa shape index (κ2) is 2.58. The third kappa shape index (κ3) is 0.949. The molecule has 0 saturated heterocycles. The summed E-state index contributed by atoms with van der Waals surface area (Å²) in [7, 11) is 0. The smallest absolute Gasteiger partial charge is 0.136 e. The Hall–Kier alpha value is -0.330. The van der Waals surface area contributed by atoms with Crippen LogP contribution in [0.15, 0.2) is 0 Å². The van der Waals surface area contributed by atoms with Gasteiger partial charge in [0.05, 0.1) is 0 Å². The molecule has 0 aromatic carbocycles. The van der Waals surface area contributed by atoms with Gasteiger partial charge in [0.2, 0.25) is 0 Å². The first-order valence-corrected chi connectivity index (χ1v) is 5.17. The maximum atomic E-state index is 11.5.